The van der Waals surface area contributed by atoms with Crippen molar-refractivity contribution in [3.8, 4) is 11.1 Å². The Morgan fingerprint density at radius 1 is 0.708 bits per heavy atom. The molecule has 1 N–H and O–H groups in total. The van der Waals surface area contributed by atoms with Gasteiger partial charge in [-0.25, -0.2) is 0 Å². The number of nitrogens with one attached hydrogen (secondary N) is 1. The molecule has 0 radical (unpaired) electrons. The van der Waals surface area contributed by atoms with Crippen LogP contribution in [0, 0.1) is 0 Å². The van der Waals surface area contributed by atoms with Gasteiger partial charge in [0.1, 0.15) is 0 Å². The second-order valence-electron chi connectivity index (χ2n) is 5.25. The van der Waals surface area contributed by atoms with Gasteiger partial charge in [0.25, 0.3) is 0 Å². The van der Waals surface area contributed by atoms with E-state index in [-0.39, 0.29) is 0 Å². The smallest absolute Gasteiger partial charge is 0.167 e. The van der Waals surface area contributed by atoms with Crippen molar-refractivity contribution in [3.63, 3.8) is 0 Å². The van der Waals surface area contributed by atoms with Crippen molar-refractivity contribution in [2.24, 2.45) is 15.3 Å². The highest BCUT2D eigenvalue weighted by atomic mass is 15.3. The third-order valence-electron chi connectivity index (χ3n) is 3.41. The van der Waals surface area contributed by atoms with Gasteiger partial charge >= 0.3 is 0 Å². The fourth-order valence-electron chi connectivity index (χ4n) is 2.16. The number of para-hydroxylation sites is 1. The molecule has 3 aromatic carbocycles. The predicted octanol–water partition coefficient (Wildman–Crippen LogP) is 5.88. The zero-order valence-electron chi connectivity index (χ0n) is 13.4. The summed E-state index contributed by atoms with van der Waals surface area (Å²) in [5.41, 5.74) is 7.00. The molecule has 4 heteroatoms. The van der Waals surface area contributed by atoms with E-state index < -0.39 is 0 Å². The van der Waals surface area contributed by atoms with E-state index >= 15 is 0 Å². The summed E-state index contributed by atoms with van der Waals surface area (Å²) in [7, 11) is 0. The van der Waals surface area contributed by atoms with Crippen LogP contribution in [0.1, 0.15) is 6.92 Å². The number of hydrazone groups is 1. The lowest BCUT2D eigenvalue weighted by Crippen LogP contribution is -1.93. The van der Waals surface area contributed by atoms with Gasteiger partial charge in [0, 0.05) is 0 Å². The molecule has 0 bridgehead atoms. The fraction of sp³-hybridized carbons (Fsp3) is 0.0500. The van der Waals surface area contributed by atoms with Crippen molar-refractivity contribution in [1.82, 2.24) is 0 Å². The largest absolute Gasteiger partial charge is 0.277 e. The van der Waals surface area contributed by atoms with Gasteiger partial charge in [-0.05, 0) is 42.3 Å². The van der Waals surface area contributed by atoms with Crippen LogP contribution in [0.2, 0.25) is 0 Å². The van der Waals surface area contributed by atoms with Crippen LogP contribution in [0.4, 0.5) is 11.4 Å². The second kappa shape index (κ2) is 7.83. The molecule has 0 unspecified atom stereocenters. The molecule has 0 aliphatic heterocycles. The summed E-state index contributed by atoms with van der Waals surface area (Å²) in [6.45, 7) is 1.80. The first-order valence-corrected chi connectivity index (χ1v) is 7.74. The maximum Gasteiger partial charge on any atom is 0.167 e. The zero-order chi connectivity index (χ0) is 16.6. The summed E-state index contributed by atoms with van der Waals surface area (Å²) in [4.78, 5) is 0. The van der Waals surface area contributed by atoms with E-state index in [1.165, 1.54) is 5.56 Å². The average Bonchev–Trinajstić information content (AvgIpc) is 2.67. The molecule has 24 heavy (non-hydrogen) atoms. The molecule has 0 aliphatic rings. The minimum atomic E-state index is 0.561. The lowest BCUT2D eigenvalue weighted by molar-refractivity contribution is 1.22. The number of benzene rings is 3. The van der Waals surface area contributed by atoms with Crippen LogP contribution in [0.3, 0.4) is 0 Å². The molecule has 0 saturated carbocycles. The summed E-state index contributed by atoms with van der Waals surface area (Å²) >= 11 is 0. The van der Waals surface area contributed by atoms with Gasteiger partial charge in [0.15, 0.2) is 5.84 Å². The van der Waals surface area contributed by atoms with Crippen LogP contribution in [0.5, 0.6) is 0 Å². The van der Waals surface area contributed by atoms with Crippen molar-refractivity contribution >= 4 is 17.2 Å². The number of azo groups is 1. The van der Waals surface area contributed by atoms with Crippen molar-refractivity contribution in [2.75, 3.05) is 5.43 Å². The van der Waals surface area contributed by atoms with E-state index in [4.69, 9.17) is 0 Å². The summed E-state index contributed by atoms with van der Waals surface area (Å²) < 4.78 is 0. The van der Waals surface area contributed by atoms with Crippen molar-refractivity contribution in [1.29, 1.82) is 0 Å². The molecule has 0 saturated heterocycles. The molecule has 4 nitrogen and oxygen atoms in total. The SMILES string of the molecule is C/C(N=Nc1ccc(-c2ccccc2)cc1)=N\Nc1ccccc1. The fourth-order valence-corrected chi connectivity index (χ4v) is 2.16. The number of anilines is 1. The highest BCUT2D eigenvalue weighted by Gasteiger charge is 1.97. The van der Waals surface area contributed by atoms with E-state index in [1.807, 2.05) is 72.8 Å². The minimum absolute atomic E-state index is 0.561. The van der Waals surface area contributed by atoms with E-state index in [0.29, 0.717) is 5.84 Å². The second-order valence-corrected chi connectivity index (χ2v) is 5.25. The maximum absolute atomic E-state index is 4.21. The number of hydrogen-bond acceptors (Lipinski definition) is 3. The van der Waals surface area contributed by atoms with Gasteiger partial charge in [-0.15, -0.1) is 10.2 Å². The zero-order valence-corrected chi connectivity index (χ0v) is 13.4. The first kappa shape index (κ1) is 15.6. The van der Waals surface area contributed by atoms with E-state index in [9.17, 15) is 0 Å². The molecular weight excluding hydrogens is 296 g/mol. The minimum Gasteiger partial charge on any atom is -0.277 e. The van der Waals surface area contributed by atoms with E-state index in [0.717, 1.165) is 16.9 Å². The maximum atomic E-state index is 4.21. The Kier molecular flexibility index (Phi) is 5.10. The summed E-state index contributed by atoms with van der Waals surface area (Å²) in [6, 6.07) is 28.0. The van der Waals surface area contributed by atoms with Gasteiger partial charge in [-0.3, -0.25) is 5.43 Å². The molecule has 3 aromatic rings. The molecule has 0 spiro atoms. The number of rotatable bonds is 4. The average molecular weight is 314 g/mol. The first-order chi connectivity index (χ1) is 11.8. The van der Waals surface area contributed by atoms with Crippen LogP contribution in [0.15, 0.2) is 100 Å². The predicted molar refractivity (Wildman–Crippen MR) is 99.6 cm³/mol. The Morgan fingerprint density at radius 3 is 1.96 bits per heavy atom. The highest BCUT2D eigenvalue weighted by Crippen LogP contribution is 2.22. The molecule has 0 atom stereocenters. The summed E-state index contributed by atoms with van der Waals surface area (Å²) in [5.74, 6) is 0.561. The quantitative estimate of drug-likeness (QED) is 0.278. The van der Waals surface area contributed by atoms with Gasteiger partial charge in [-0.2, -0.15) is 5.10 Å². The normalized spacial score (nSPS) is 11.6. The Bertz CT molecular complexity index is 823. The van der Waals surface area contributed by atoms with Gasteiger partial charge in [-0.1, -0.05) is 60.7 Å². The third kappa shape index (κ3) is 4.36. The van der Waals surface area contributed by atoms with Crippen LogP contribution < -0.4 is 5.43 Å². The molecule has 0 aliphatic carbocycles. The van der Waals surface area contributed by atoms with Crippen LogP contribution >= 0.6 is 0 Å². The number of amidine groups is 1. The van der Waals surface area contributed by atoms with Crippen molar-refractivity contribution in [3.05, 3.63) is 84.9 Å². The molecule has 0 fully saturated rings. The Labute approximate surface area is 141 Å². The molecule has 0 aromatic heterocycles. The Balaban J connectivity index is 1.64. The van der Waals surface area contributed by atoms with E-state index in [2.05, 4.69) is 32.9 Å². The highest BCUT2D eigenvalue weighted by molar-refractivity contribution is 5.80. The lowest BCUT2D eigenvalue weighted by atomic mass is 10.1. The number of hydrogen-bond donors (Lipinski definition) is 1. The van der Waals surface area contributed by atoms with Gasteiger partial charge in [0.2, 0.25) is 0 Å². The standard InChI is InChI=1S/C20H18N4/c1-16(21-23-19-10-6-3-7-11-19)22-24-20-14-12-18(13-15-20)17-8-4-2-5-9-17/h2-15,23H,1H3/b21-16+,24-22?. The summed E-state index contributed by atoms with van der Waals surface area (Å²) in [6.07, 6.45) is 0. The monoisotopic (exact) mass is 314 g/mol. The first-order valence-electron chi connectivity index (χ1n) is 7.74. The topological polar surface area (TPSA) is 49.1 Å². The van der Waals surface area contributed by atoms with Crippen LogP contribution in [0.25, 0.3) is 11.1 Å². The summed E-state index contributed by atoms with van der Waals surface area (Å²) in [5, 5.41) is 12.5. The Hall–Kier alpha value is -3.27. The van der Waals surface area contributed by atoms with Crippen molar-refractivity contribution < 1.29 is 0 Å². The van der Waals surface area contributed by atoms with Gasteiger partial charge in [0.05, 0.1) is 11.4 Å². The number of nitrogens with zero attached hydrogens (tertiary/aromatic N) is 3. The molecule has 0 heterocycles. The third-order valence-corrected chi connectivity index (χ3v) is 3.41. The molecular formula is C20H18N4. The Morgan fingerprint density at radius 2 is 1.29 bits per heavy atom. The molecule has 118 valence electrons. The van der Waals surface area contributed by atoms with Crippen LogP contribution in [-0.4, -0.2) is 5.84 Å². The molecule has 0 amide bonds. The lowest BCUT2D eigenvalue weighted by Gasteiger charge is -2.01. The molecule has 3 rings (SSSR count). The van der Waals surface area contributed by atoms with Crippen LogP contribution in [-0.2, 0) is 0 Å². The van der Waals surface area contributed by atoms with E-state index in [1.54, 1.807) is 6.92 Å². The van der Waals surface area contributed by atoms with Gasteiger partial charge < -0.3 is 0 Å². The van der Waals surface area contributed by atoms with Crippen molar-refractivity contribution in [2.45, 2.75) is 6.92 Å².